The molecule has 0 aliphatic carbocycles. The molecule has 1 heterocycles. The monoisotopic (exact) mass is 175 g/mol. The van der Waals surface area contributed by atoms with Crippen molar-refractivity contribution < 1.29 is 18.3 Å². The van der Waals surface area contributed by atoms with Crippen LogP contribution in [0.4, 0.5) is 8.78 Å². The van der Waals surface area contributed by atoms with E-state index in [9.17, 15) is 8.78 Å². The Labute approximate surface area is 67.9 Å². The zero-order chi connectivity index (χ0) is 8.97. The molecule has 12 heavy (non-hydrogen) atoms. The highest BCUT2D eigenvalue weighted by molar-refractivity contribution is 5.21. The summed E-state index contributed by atoms with van der Waals surface area (Å²) in [4.78, 5) is 3.28. The molecule has 0 aliphatic heterocycles. The summed E-state index contributed by atoms with van der Waals surface area (Å²) in [5, 5.41) is 0. The summed E-state index contributed by atoms with van der Waals surface area (Å²) in [5.41, 5.74) is 0. The molecular formula is C7H7F2NO2. The zero-order valence-corrected chi connectivity index (χ0v) is 6.38. The Morgan fingerprint density at radius 1 is 1.33 bits per heavy atom. The fourth-order valence-corrected chi connectivity index (χ4v) is 0.655. The molecule has 5 heteroatoms. The molecule has 0 atom stereocenters. The summed E-state index contributed by atoms with van der Waals surface area (Å²) in [6.45, 7) is -0.197. The zero-order valence-electron chi connectivity index (χ0n) is 6.38. The van der Waals surface area contributed by atoms with Gasteiger partial charge in [0.25, 0.3) is 0 Å². The van der Waals surface area contributed by atoms with Gasteiger partial charge in [0, 0.05) is 7.11 Å². The topological polar surface area (TPSA) is 31.4 Å². The molecular weight excluding hydrogens is 168 g/mol. The minimum absolute atomic E-state index is 0.197. The summed E-state index contributed by atoms with van der Waals surface area (Å²) in [5.74, 6) is -2.15. The minimum Gasteiger partial charge on any atom is -0.461 e. The Bertz CT molecular complexity index is 247. The van der Waals surface area contributed by atoms with E-state index in [1.165, 1.54) is 7.11 Å². The number of pyridine rings is 1. The second-order valence-corrected chi connectivity index (χ2v) is 1.98. The van der Waals surface area contributed by atoms with Gasteiger partial charge in [-0.25, -0.2) is 8.78 Å². The van der Waals surface area contributed by atoms with Gasteiger partial charge in [0.05, 0.1) is 12.4 Å². The van der Waals surface area contributed by atoms with Crippen LogP contribution in [-0.2, 0) is 4.74 Å². The Morgan fingerprint density at radius 3 is 2.42 bits per heavy atom. The van der Waals surface area contributed by atoms with Crippen LogP contribution in [0.1, 0.15) is 0 Å². The fourth-order valence-electron chi connectivity index (χ4n) is 0.655. The number of hydrogen-bond donors (Lipinski definition) is 0. The van der Waals surface area contributed by atoms with Gasteiger partial charge in [0.2, 0.25) is 0 Å². The van der Waals surface area contributed by atoms with Gasteiger partial charge < -0.3 is 9.47 Å². The molecule has 0 aliphatic rings. The lowest BCUT2D eigenvalue weighted by molar-refractivity contribution is 0.0451. The maximum atomic E-state index is 12.7. The number of methoxy groups -OCH3 is 1. The predicted molar refractivity (Wildman–Crippen MR) is 36.7 cm³/mol. The molecule has 0 fully saturated rings. The first kappa shape index (κ1) is 8.86. The van der Waals surface area contributed by atoms with E-state index in [-0.39, 0.29) is 6.79 Å². The number of ether oxygens (including phenoxy) is 2. The SMILES string of the molecule is COCOc1c(F)cncc1F. The van der Waals surface area contributed by atoms with Crippen LogP contribution in [-0.4, -0.2) is 18.9 Å². The normalized spacial score (nSPS) is 9.92. The van der Waals surface area contributed by atoms with Crippen LogP contribution in [0.15, 0.2) is 12.4 Å². The number of hydrogen-bond acceptors (Lipinski definition) is 3. The highest BCUT2D eigenvalue weighted by Gasteiger charge is 2.09. The van der Waals surface area contributed by atoms with Gasteiger partial charge in [-0.2, -0.15) is 0 Å². The Hall–Kier alpha value is -1.23. The van der Waals surface area contributed by atoms with Crippen LogP contribution in [0.2, 0.25) is 0 Å². The average Bonchev–Trinajstić information content (AvgIpc) is 2.04. The van der Waals surface area contributed by atoms with Gasteiger partial charge in [-0.3, -0.25) is 4.98 Å². The van der Waals surface area contributed by atoms with Crippen LogP contribution in [0.25, 0.3) is 0 Å². The molecule has 0 spiro atoms. The van der Waals surface area contributed by atoms with Gasteiger partial charge in [-0.05, 0) is 0 Å². The number of aromatic nitrogens is 1. The van der Waals surface area contributed by atoms with Crippen LogP contribution in [0.5, 0.6) is 5.75 Å². The molecule has 0 aromatic carbocycles. The van der Waals surface area contributed by atoms with E-state index in [0.29, 0.717) is 0 Å². The molecule has 1 aromatic rings. The Balaban J connectivity index is 2.81. The number of nitrogens with zero attached hydrogens (tertiary/aromatic N) is 1. The second-order valence-electron chi connectivity index (χ2n) is 1.98. The third-order valence-electron chi connectivity index (χ3n) is 1.13. The van der Waals surface area contributed by atoms with Crippen molar-refractivity contribution >= 4 is 0 Å². The Morgan fingerprint density at radius 2 is 1.92 bits per heavy atom. The van der Waals surface area contributed by atoms with Crippen molar-refractivity contribution in [3.63, 3.8) is 0 Å². The summed E-state index contributed by atoms with van der Waals surface area (Å²) >= 11 is 0. The van der Waals surface area contributed by atoms with E-state index in [1.54, 1.807) is 0 Å². The van der Waals surface area contributed by atoms with Crippen molar-refractivity contribution in [3.8, 4) is 5.75 Å². The van der Waals surface area contributed by atoms with E-state index < -0.39 is 17.4 Å². The third kappa shape index (κ3) is 1.88. The lowest BCUT2D eigenvalue weighted by atomic mass is 10.4. The molecule has 66 valence electrons. The van der Waals surface area contributed by atoms with Gasteiger partial charge in [0.1, 0.15) is 0 Å². The molecule has 0 saturated carbocycles. The standard InChI is InChI=1S/C7H7F2NO2/c1-11-4-12-7-5(8)2-10-3-6(7)9/h2-3H,4H2,1H3. The number of halogens is 2. The van der Waals surface area contributed by atoms with Gasteiger partial charge in [0.15, 0.2) is 24.2 Å². The largest absolute Gasteiger partial charge is 0.461 e. The first-order valence-electron chi connectivity index (χ1n) is 3.16. The fraction of sp³-hybridized carbons (Fsp3) is 0.286. The molecule has 0 N–H and O–H groups in total. The van der Waals surface area contributed by atoms with Crippen molar-refractivity contribution in [1.29, 1.82) is 0 Å². The van der Waals surface area contributed by atoms with Crippen molar-refractivity contribution in [2.45, 2.75) is 0 Å². The lowest BCUT2D eigenvalue weighted by Gasteiger charge is -2.05. The van der Waals surface area contributed by atoms with Crippen molar-refractivity contribution in [2.24, 2.45) is 0 Å². The van der Waals surface area contributed by atoms with Crippen LogP contribution >= 0.6 is 0 Å². The molecule has 0 unspecified atom stereocenters. The van der Waals surface area contributed by atoms with Gasteiger partial charge >= 0.3 is 0 Å². The van der Waals surface area contributed by atoms with E-state index in [4.69, 9.17) is 0 Å². The summed E-state index contributed by atoms with van der Waals surface area (Å²) in [6, 6.07) is 0. The molecule has 0 bridgehead atoms. The number of rotatable bonds is 3. The van der Waals surface area contributed by atoms with E-state index in [2.05, 4.69) is 14.5 Å². The first-order chi connectivity index (χ1) is 5.75. The minimum atomic E-state index is -0.841. The van der Waals surface area contributed by atoms with Crippen LogP contribution < -0.4 is 4.74 Å². The van der Waals surface area contributed by atoms with E-state index in [0.717, 1.165) is 12.4 Å². The Kier molecular flexibility index (Phi) is 2.93. The highest BCUT2D eigenvalue weighted by Crippen LogP contribution is 2.18. The van der Waals surface area contributed by atoms with E-state index >= 15 is 0 Å². The lowest BCUT2D eigenvalue weighted by Crippen LogP contribution is -2.03. The van der Waals surface area contributed by atoms with Gasteiger partial charge in [-0.1, -0.05) is 0 Å². The van der Waals surface area contributed by atoms with Crippen molar-refractivity contribution in [2.75, 3.05) is 13.9 Å². The van der Waals surface area contributed by atoms with Gasteiger partial charge in [-0.15, -0.1) is 0 Å². The molecule has 1 rings (SSSR count). The predicted octanol–water partition coefficient (Wildman–Crippen LogP) is 1.34. The molecule has 0 radical (unpaired) electrons. The summed E-state index contributed by atoms with van der Waals surface area (Å²) in [7, 11) is 1.36. The molecule has 3 nitrogen and oxygen atoms in total. The smallest absolute Gasteiger partial charge is 0.196 e. The quantitative estimate of drug-likeness (QED) is 0.649. The van der Waals surface area contributed by atoms with E-state index in [1.807, 2.05) is 0 Å². The second kappa shape index (κ2) is 3.96. The molecule has 0 amide bonds. The van der Waals surface area contributed by atoms with Crippen LogP contribution in [0.3, 0.4) is 0 Å². The summed E-state index contributed by atoms with van der Waals surface area (Å²) in [6.07, 6.45) is 1.74. The first-order valence-corrected chi connectivity index (χ1v) is 3.16. The maximum Gasteiger partial charge on any atom is 0.196 e. The molecule has 0 saturated heterocycles. The third-order valence-corrected chi connectivity index (χ3v) is 1.13. The highest BCUT2D eigenvalue weighted by atomic mass is 19.1. The van der Waals surface area contributed by atoms with Crippen LogP contribution in [0, 0.1) is 11.6 Å². The maximum absolute atomic E-state index is 12.7. The molecule has 1 aromatic heterocycles. The summed E-state index contributed by atoms with van der Waals surface area (Å²) < 4.78 is 34.5. The van der Waals surface area contributed by atoms with Crippen molar-refractivity contribution in [1.82, 2.24) is 4.98 Å². The average molecular weight is 175 g/mol. The van der Waals surface area contributed by atoms with Crippen molar-refractivity contribution in [3.05, 3.63) is 24.0 Å².